The number of hydrogen-bond donors (Lipinski definition) is 0. The van der Waals surface area contributed by atoms with Gasteiger partial charge in [-0.1, -0.05) is 12.1 Å². The average Bonchev–Trinajstić information content (AvgIpc) is 2.79. The smallest absolute Gasteiger partial charge is 0.243 e. The van der Waals surface area contributed by atoms with Gasteiger partial charge in [0.2, 0.25) is 15.9 Å². The molecule has 0 bridgehead atoms. The van der Waals surface area contributed by atoms with E-state index < -0.39 is 21.7 Å². The molecule has 2 aromatic carbocycles. The molecule has 4 rings (SSSR count). The second-order valence-electron chi connectivity index (χ2n) is 7.82. The molecule has 0 spiro atoms. The highest BCUT2D eigenvalue weighted by Crippen LogP contribution is 2.38. The van der Waals surface area contributed by atoms with Crippen molar-refractivity contribution in [2.45, 2.75) is 30.6 Å². The molecule has 0 N–H and O–H groups in total. The van der Waals surface area contributed by atoms with Crippen molar-refractivity contribution in [1.82, 2.24) is 4.31 Å². The maximum atomic E-state index is 13.5. The van der Waals surface area contributed by atoms with E-state index in [0.717, 1.165) is 36.2 Å². The molecular weight excluding hydrogens is 426 g/mol. The van der Waals surface area contributed by atoms with Crippen LogP contribution in [0.2, 0.25) is 0 Å². The van der Waals surface area contributed by atoms with Crippen molar-refractivity contribution < 1.29 is 26.7 Å². The van der Waals surface area contributed by atoms with Crippen LogP contribution in [0, 0.1) is 17.6 Å². The van der Waals surface area contributed by atoms with Crippen LogP contribution >= 0.6 is 0 Å². The average molecular weight is 451 g/mol. The zero-order valence-corrected chi connectivity index (χ0v) is 18.0. The number of ether oxygens (including phenoxy) is 1. The summed E-state index contributed by atoms with van der Waals surface area (Å²) >= 11 is 0. The summed E-state index contributed by atoms with van der Waals surface area (Å²) < 4.78 is 59.0. The van der Waals surface area contributed by atoms with Crippen LogP contribution in [0.4, 0.5) is 14.5 Å². The zero-order valence-electron chi connectivity index (χ0n) is 17.2. The topological polar surface area (TPSA) is 66.9 Å². The third kappa shape index (κ3) is 4.04. The van der Waals surface area contributed by atoms with Crippen molar-refractivity contribution in [3.05, 3.63) is 53.6 Å². The number of halogens is 2. The fourth-order valence-electron chi connectivity index (χ4n) is 4.35. The van der Waals surface area contributed by atoms with Gasteiger partial charge < -0.3 is 9.64 Å². The Morgan fingerprint density at radius 3 is 2.48 bits per heavy atom. The highest BCUT2D eigenvalue weighted by atomic mass is 32.2. The summed E-state index contributed by atoms with van der Waals surface area (Å²) in [5.41, 5.74) is 1.87. The Kier molecular flexibility index (Phi) is 5.98. The van der Waals surface area contributed by atoms with E-state index in [1.165, 1.54) is 4.31 Å². The molecule has 31 heavy (non-hydrogen) atoms. The minimum absolute atomic E-state index is 0.0321. The lowest BCUT2D eigenvalue weighted by Crippen LogP contribution is -2.45. The summed E-state index contributed by atoms with van der Waals surface area (Å²) in [5, 5.41) is 0. The van der Waals surface area contributed by atoms with E-state index >= 15 is 0 Å². The van der Waals surface area contributed by atoms with Crippen LogP contribution in [0.5, 0.6) is 5.75 Å². The number of hydrogen-bond acceptors (Lipinski definition) is 4. The highest BCUT2D eigenvalue weighted by molar-refractivity contribution is 7.89. The van der Waals surface area contributed by atoms with E-state index in [1.54, 1.807) is 12.0 Å². The minimum atomic E-state index is -3.95. The Labute approximate surface area is 180 Å². The molecule has 0 unspecified atom stereocenters. The number of fused-ring (bicyclic) bond motifs is 1. The fraction of sp³-hybridized carbons (Fsp3) is 0.409. The number of carbonyl (C=O) groups excluding carboxylic acids is 1. The van der Waals surface area contributed by atoms with Crippen LogP contribution in [-0.4, -0.2) is 45.4 Å². The lowest BCUT2D eigenvalue weighted by molar-refractivity contribution is -0.123. The van der Waals surface area contributed by atoms with E-state index in [4.69, 9.17) is 4.74 Å². The third-order valence-electron chi connectivity index (χ3n) is 6.00. The number of carbonyl (C=O) groups is 1. The predicted molar refractivity (Wildman–Crippen MR) is 112 cm³/mol. The number of rotatable bonds is 4. The molecule has 166 valence electrons. The number of nitrogens with zero attached hydrogens (tertiary/aromatic N) is 2. The molecular formula is C22H24F2N2O4S. The molecule has 0 aromatic heterocycles. The maximum Gasteiger partial charge on any atom is 0.243 e. The van der Waals surface area contributed by atoms with Gasteiger partial charge in [0, 0.05) is 25.6 Å². The number of methoxy groups -OCH3 is 1. The lowest BCUT2D eigenvalue weighted by atomic mass is 9.93. The number of para-hydroxylation sites is 1. The SMILES string of the molecule is COc1cccc2c1N(C(=O)C1CCN(S(=O)(=O)c3ccc(F)c(F)c3)CC1)CCC2. The molecule has 2 aliphatic heterocycles. The minimum Gasteiger partial charge on any atom is -0.495 e. The lowest BCUT2D eigenvalue weighted by Gasteiger charge is -2.36. The van der Waals surface area contributed by atoms with Crippen LogP contribution in [0.3, 0.4) is 0 Å². The van der Waals surface area contributed by atoms with Crippen molar-refractivity contribution in [3.8, 4) is 5.75 Å². The van der Waals surface area contributed by atoms with Gasteiger partial charge in [0.15, 0.2) is 11.6 Å². The number of benzene rings is 2. The first-order valence-corrected chi connectivity index (χ1v) is 11.7. The fourth-order valence-corrected chi connectivity index (χ4v) is 5.83. The Morgan fingerprint density at radius 1 is 1.06 bits per heavy atom. The largest absolute Gasteiger partial charge is 0.495 e. The van der Waals surface area contributed by atoms with E-state index in [0.29, 0.717) is 31.2 Å². The first-order valence-electron chi connectivity index (χ1n) is 10.3. The van der Waals surface area contributed by atoms with Crippen molar-refractivity contribution in [2.75, 3.05) is 31.6 Å². The zero-order chi connectivity index (χ0) is 22.2. The summed E-state index contributed by atoms with van der Waals surface area (Å²) in [6.07, 6.45) is 2.46. The maximum absolute atomic E-state index is 13.5. The molecule has 0 saturated carbocycles. The molecule has 2 aliphatic rings. The van der Waals surface area contributed by atoms with Gasteiger partial charge in [-0.15, -0.1) is 0 Å². The van der Waals surface area contributed by atoms with Crippen LogP contribution in [-0.2, 0) is 21.2 Å². The Bertz CT molecular complexity index is 1080. The van der Waals surface area contributed by atoms with E-state index in [9.17, 15) is 22.0 Å². The van der Waals surface area contributed by atoms with E-state index in [2.05, 4.69) is 0 Å². The summed E-state index contributed by atoms with van der Waals surface area (Å²) in [6, 6.07) is 8.30. The summed E-state index contributed by atoms with van der Waals surface area (Å²) in [7, 11) is -2.37. The van der Waals surface area contributed by atoms with Gasteiger partial charge in [-0.3, -0.25) is 4.79 Å². The molecule has 1 fully saturated rings. The standard InChI is InChI=1S/C22H24F2N2O4S/c1-30-20-6-2-4-15-5-3-11-26(21(15)20)22(27)16-9-12-25(13-10-16)31(28,29)17-7-8-18(23)19(24)14-17/h2,4,6-8,14,16H,3,5,9-13H2,1H3. The third-order valence-corrected chi connectivity index (χ3v) is 7.89. The Hall–Kier alpha value is -2.52. The number of piperidine rings is 1. The first kappa shape index (κ1) is 21.7. The van der Waals surface area contributed by atoms with Gasteiger partial charge in [0.25, 0.3) is 0 Å². The highest BCUT2D eigenvalue weighted by Gasteiger charge is 2.36. The quantitative estimate of drug-likeness (QED) is 0.717. The Balaban J connectivity index is 1.49. The molecule has 0 aliphatic carbocycles. The van der Waals surface area contributed by atoms with Crippen molar-refractivity contribution in [3.63, 3.8) is 0 Å². The number of amides is 1. The number of sulfonamides is 1. The number of aryl methyl sites for hydroxylation is 1. The number of anilines is 1. The van der Waals surface area contributed by atoms with Gasteiger partial charge in [-0.05, 0) is 55.5 Å². The van der Waals surface area contributed by atoms with E-state index in [1.807, 2.05) is 18.2 Å². The predicted octanol–water partition coefficient (Wildman–Crippen LogP) is 3.35. The van der Waals surface area contributed by atoms with Crippen molar-refractivity contribution >= 4 is 21.6 Å². The van der Waals surface area contributed by atoms with Gasteiger partial charge in [-0.25, -0.2) is 17.2 Å². The van der Waals surface area contributed by atoms with Gasteiger partial charge in [-0.2, -0.15) is 4.31 Å². The second-order valence-corrected chi connectivity index (χ2v) is 9.75. The van der Waals surface area contributed by atoms with Crippen LogP contribution in [0.25, 0.3) is 0 Å². The van der Waals surface area contributed by atoms with Crippen molar-refractivity contribution in [2.24, 2.45) is 5.92 Å². The summed E-state index contributed by atoms with van der Waals surface area (Å²) in [5.74, 6) is -1.99. The normalized spacial score (nSPS) is 18.0. The molecule has 9 heteroatoms. The summed E-state index contributed by atoms with van der Waals surface area (Å²) in [4.78, 5) is 14.8. The molecule has 2 aromatic rings. The van der Waals surface area contributed by atoms with Crippen LogP contribution < -0.4 is 9.64 Å². The molecule has 6 nitrogen and oxygen atoms in total. The molecule has 1 amide bonds. The monoisotopic (exact) mass is 450 g/mol. The summed E-state index contributed by atoms with van der Waals surface area (Å²) in [6.45, 7) is 0.883. The molecule has 2 heterocycles. The van der Waals surface area contributed by atoms with Crippen LogP contribution in [0.15, 0.2) is 41.3 Å². The molecule has 0 radical (unpaired) electrons. The van der Waals surface area contributed by atoms with Gasteiger partial charge >= 0.3 is 0 Å². The second kappa shape index (κ2) is 8.55. The van der Waals surface area contributed by atoms with Crippen LogP contribution in [0.1, 0.15) is 24.8 Å². The van der Waals surface area contributed by atoms with Gasteiger partial charge in [0.05, 0.1) is 17.7 Å². The molecule has 0 atom stereocenters. The van der Waals surface area contributed by atoms with Crippen molar-refractivity contribution in [1.29, 1.82) is 0 Å². The Morgan fingerprint density at radius 2 is 1.81 bits per heavy atom. The first-order chi connectivity index (χ1) is 14.8. The van der Waals surface area contributed by atoms with Gasteiger partial charge in [0.1, 0.15) is 5.75 Å². The molecule has 1 saturated heterocycles. The van der Waals surface area contributed by atoms with E-state index in [-0.39, 0.29) is 29.8 Å².